The van der Waals surface area contributed by atoms with Crippen LogP contribution in [0.5, 0.6) is 0 Å². The number of benzene rings is 1. The first-order valence-electron chi connectivity index (χ1n) is 8.99. The molecule has 30 heavy (non-hydrogen) atoms. The summed E-state index contributed by atoms with van der Waals surface area (Å²) in [6.07, 6.45) is 0.712. The Labute approximate surface area is 180 Å². The summed E-state index contributed by atoms with van der Waals surface area (Å²) in [4.78, 5) is 12.5. The Balaban J connectivity index is 1.36. The van der Waals surface area contributed by atoms with Gasteiger partial charge in [0, 0.05) is 24.6 Å². The highest BCUT2D eigenvalue weighted by Crippen LogP contribution is 2.31. The Morgan fingerprint density at radius 1 is 1.23 bits per heavy atom. The lowest BCUT2D eigenvalue weighted by Crippen LogP contribution is -2.41. The minimum atomic E-state index is -3.62. The molecular formula is C18H16ClFN4O4S2. The Bertz CT molecular complexity index is 1170. The van der Waals surface area contributed by atoms with Gasteiger partial charge in [0.2, 0.25) is 11.8 Å². The third kappa shape index (κ3) is 4.38. The van der Waals surface area contributed by atoms with E-state index in [4.69, 9.17) is 16.0 Å². The zero-order valence-electron chi connectivity index (χ0n) is 15.4. The van der Waals surface area contributed by atoms with Gasteiger partial charge in [-0.3, -0.25) is 10.1 Å². The minimum Gasteiger partial charge on any atom is -0.403 e. The summed E-state index contributed by atoms with van der Waals surface area (Å²) in [5.41, 5.74) is 0.398. The molecule has 0 saturated carbocycles. The molecule has 158 valence electrons. The first-order chi connectivity index (χ1) is 14.3. The van der Waals surface area contributed by atoms with Crippen molar-refractivity contribution >= 4 is 44.9 Å². The van der Waals surface area contributed by atoms with E-state index in [0.717, 1.165) is 11.3 Å². The number of carbonyl (C=O) groups is 1. The van der Waals surface area contributed by atoms with Crippen LogP contribution in [-0.4, -0.2) is 41.9 Å². The predicted molar refractivity (Wildman–Crippen MR) is 109 cm³/mol. The molecule has 0 spiro atoms. The van der Waals surface area contributed by atoms with Gasteiger partial charge in [0.05, 0.1) is 4.34 Å². The van der Waals surface area contributed by atoms with Crippen LogP contribution in [0, 0.1) is 11.7 Å². The maximum Gasteiger partial charge on any atom is 0.322 e. The van der Waals surface area contributed by atoms with Crippen LogP contribution in [0.25, 0.3) is 11.5 Å². The van der Waals surface area contributed by atoms with Crippen molar-refractivity contribution in [3.05, 3.63) is 46.6 Å². The van der Waals surface area contributed by atoms with Gasteiger partial charge in [-0.15, -0.1) is 16.4 Å². The van der Waals surface area contributed by atoms with Crippen molar-refractivity contribution in [2.75, 3.05) is 18.4 Å². The molecule has 4 rings (SSSR count). The van der Waals surface area contributed by atoms with Crippen LogP contribution >= 0.6 is 22.9 Å². The van der Waals surface area contributed by atoms with Crippen LogP contribution < -0.4 is 5.32 Å². The predicted octanol–water partition coefficient (Wildman–Crippen LogP) is 3.63. The first-order valence-corrected chi connectivity index (χ1v) is 11.6. The van der Waals surface area contributed by atoms with E-state index in [1.807, 2.05) is 0 Å². The smallest absolute Gasteiger partial charge is 0.322 e. The van der Waals surface area contributed by atoms with Gasteiger partial charge in [0.25, 0.3) is 10.0 Å². The number of nitrogens with zero attached hydrogens (tertiary/aromatic N) is 3. The van der Waals surface area contributed by atoms with Gasteiger partial charge >= 0.3 is 6.01 Å². The highest BCUT2D eigenvalue weighted by atomic mass is 35.5. The summed E-state index contributed by atoms with van der Waals surface area (Å²) in [5, 5.41) is 10.1. The van der Waals surface area contributed by atoms with E-state index in [0.29, 0.717) is 22.7 Å². The molecule has 2 aromatic heterocycles. The molecule has 1 aliphatic heterocycles. The van der Waals surface area contributed by atoms with E-state index in [-0.39, 0.29) is 35.1 Å². The number of piperidine rings is 1. The summed E-state index contributed by atoms with van der Waals surface area (Å²) in [6.45, 7) is 0.433. The molecule has 1 saturated heterocycles. The SMILES string of the molecule is O=C(Nc1nnc(-c2cccc(F)c2)o1)C1CCN(S(=O)(=O)c2ccc(Cl)s2)CC1. The third-order valence-corrected chi connectivity index (χ3v) is 8.29. The van der Waals surface area contributed by atoms with Crippen LogP contribution in [0.15, 0.2) is 45.0 Å². The fourth-order valence-electron chi connectivity index (χ4n) is 3.14. The molecular weight excluding hydrogens is 455 g/mol. The largest absolute Gasteiger partial charge is 0.403 e. The van der Waals surface area contributed by atoms with Gasteiger partial charge in [-0.2, -0.15) is 4.31 Å². The minimum absolute atomic E-state index is 0.0836. The molecule has 0 radical (unpaired) electrons. The maximum atomic E-state index is 13.3. The van der Waals surface area contributed by atoms with Crippen molar-refractivity contribution in [3.63, 3.8) is 0 Å². The molecule has 1 aromatic carbocycles. The Kier molecular flexibility index (Phi) is 5.87. The number of aromatic nitrogens is 2. The number of sulfonamides is 1. The lowest BCUT2D eigenvalue weighted by Gasteiger charge is -2.29. The van der Waals surface area contributed by atoms with Crippen molar-refractivity contribution in [3.8, 4) is 11.5 Å². The molecule has 3 heterocycles. The van der Waals surface area contributed by atoms with E-state index in [9.17, 15) is 17.6 Å². The topological polar surface area (TPSA) is 105 Å². The van der Waals surface area contributed by atoms with Gasteiger partial charge in [0.15, 0.2) is 0 Å². The van der Waals surface area contributed by atoms with Crippen LogP contribution in [-0.2, 0) is 14.8 Å². The summed E-state index contributed by atoms with van der Waals surface area (Å²) in [5.74, 6) is -1.09. The standard InChI is InChI=1S/C18H16ClFN4O4S2/c19-14-4-5-15(29-14)30(26,27)24-8-6-11(7-9-24)16(25)21-18-23-22-17(28-18)12-2-1-3-13(20)10-12/h1-5,10-11H,6-9H2,(H,21,23,25). The quantitative estimate of drug-likeness (QED) is 0.610. The van der Waals surface area contributed by atoms with E-state index in [1.54, 1.807) is 12.1 Å². The van der Waals surface area contributed by atoms with E-state index in [2.05, 4.69) is 15.5 Å². The highest BCUT2D eigenvalue weighted by molar-refractivity contribution is 7.91. The third-order valence-electron chi connectivity index (χ3n) is 4.69. The molecule has 0 unspecified atom stereocenters. The highest BCUT2D eigenvalue weighted by Gasteiger charge is 2.33. The van der Waals surface area contributed by atoms with Crippen molar-refractivity contribution in [1.82, 2.24) is 14.5 Å². The van der Waals surface area contributed by atoms with Crippen molar-refractivity contribution in [1.29, 1.82) is 0 Å². The Morgan fingerprint density at radius 2 is 2.00 bits per heavy atom. The summed E-state index contributed by atoms with van der Waals surface area (Å²) >= 11 is 6.84. The number of hydrogen-bond donors (Lipinski definition) is 1. The average molecular weight is 471 g/mol. The summed E-state index contributed by atoms with van der Waals surface area (Å²) < 4.78 is 45.9. The second-order valence-corrected chi connectivity index (χ2v) is 10.5. The lowest BCUT2D eigenvalue weighted by molar-refractivity contribution is -0.121. The maximum absolute atomic E-state index is 13.3. The van der Waals surface area contributed by atoms with Crippen LogP contribution in [0.3, 0.4) is 0 Å². The number of rotatable bonds is 5. The number of halogens is 2. The normalized spacial score (nSPS) is 15.9. The summed E-state index contributed by atoms with van der Waals surface area (Å²) in [7, 11) is -3.62. The van der Waals surface area contributed by atoms with Crippen LogP contribution in [0.1, 0.15) is 12.8 Å². The molecule has 0 bridgehead atoms. The van der Waals surface area contributed by atoms with E-state index < -0.39 is 21.8 Å². The van der Waals surface area contributed by atoms with E-state index in [1.165, 1.54) is 28.6 Å². The molecule has 1 aliphatic rings. The monoisotopic (exact) mass is 470 g/mol. The molecule has 8 nitrogen and oxygen atoms in total. The first kappa shape index (κ1) is 20.9. The number of anilines is 1. The molecule has 12 heteroatoms. The van der Waals surface area contributed by atoms with Gasteiger partial charge in [-0.25, -0.2) is 12.8 Å². The van der Waals surface area contributed by atoms with E-state index >= 15 is 0 Å². The lowest BCUT2D eigenvalue weighted by atomic mass is 9.97. The second kappa shape index (κ2) is 8.42. The number of nitrogens with one attached hydrogen (secondary N) is 1. The molecule has 0 aliphatic carbocycles. The fourth-order valence-corrected chi connectivity index (χ4v) is 6.25. The van der Waals surface area contributed by atoms with Crippen molar-refractivity contribution in [2.45, 2.75) is 17.1 Å². The second-order valence-electron chi connectivity index (χ2n) is 6.65. The van der Waals surface area contributed by atoms with Crippen LogP contribution in [0.4, 0.5) is 10.4 Å². The van der Waals surface area contributed by atoms with Crippen LogP contribution in [0.2, 0.25) is 4.34 Å². The van der Waals surface area contributed by atoms with Gasteiger partial charge in [-0.1, -0.05) is 22.8 Å². The summed E-state index contributed by atoms with van der Waals surface area (Å²) in [6, 6.07) is 8.59. The van der Waals surface area contributed by atoms with Crippen molar-refractivity contribution < 1.29 is 22.0 Å². The molecule has 0 atom stereocenters. The zero-order chi connectivity index (χ0) is 21.3. The zero-order valence-corrected chi connectivity index (χ0v) is 17.8. The molecule has 3 aromatic rings. The fraction of sp³-hybridized carbons (Fsp3) is 0.278. The van der Waals surface area contributed by atoms with Gasteiger partial charge in [-0.05, 0) is 43.2 Å². The number of hydrogen-bond acceptors (Lipinski definition) is 7. The molecule has 1 fully saturated rings. The Morgan fingerprint density at radius 3 is 2.67 bits per heavy atom. The van der Waals surface area contributed by atoms with Crippen molar-refractivity contribution in [2.24, 2.45) is 5.92 Å². The van der Waals surface area contributed by atoms with Gasteiger partial charge in [0.1, 0.15) is 10.0 Å². The average Bonchev–Trinajstić information content (AvgIpc) is 3.37. The van der Waals surface area contributed by atoms with Gasteiger partial charge < -0.3 is 4.42 Å². The number of carbonyl (C=O) groups excluding carboxylic acids is 1. The molecule has 1 N–H and O–H groups in total. The number of thiophene rings is 1. The Hall–Kier alpha value is -2.34. The molecule has 1 amide bonds. The number of amides is 1.